The fraction of sp³-hybridized carbons (Fsp3) is 0.167. The van der Waals surface area contributed by atoms with E-state index < -0.39 is 0 Å². The molecule has 0 unspecified atom stereocenters. The van der Waals surface area contributed by atoms with E-state index in [0.717, 1.165) is 5.56 Å². The molecule has 1 N–H and O–H groups in total. The summed E-state index contributed by atoms with van der Waals surface area (Å²) in [5.74, 6) is 0.831. The average Bonchev–Trinajstić information content (AvgIpc) is 2.38. The molecule has 0 aliphatic rings. The number of hydrogen-bond acceptors (Lipinski definition) is 4. The normalized spacial score (nSPS) is 10.0. The fourth-order valence-electron chi connectivity index (χ4n) is 1.33. The molecule has 0 saturated carbocycles. The van der Waals surface area contributed by atoms with Gasteiger partial charge in [-0.1, -0.05) is 12.1 Å². The van der Waals surface area contributed by atoms with Crippen LogP contribution in [0.3, 0.4) is 0 Å². The highest BCUT2D eigenvalue weighted by Crippen LogP contribution is 2.10. The van der Waals surface area contributed by atoms with Gasteiger partial charge in [-0.15, -0.1) is 0 Å². The standard InChI is InChI=1S/C12H12FN3O/c1-17-12-8-14-7-11(16-12)15-6-9-2-4-10(13)5-3-9/h2-5,7-8H,6H2,1H3,(H,15,16). The van der Waals surface area contributed by atoms with Crippen molar-refractivity contribution in [3.8, 4) is 5.88 Å². The van der Waals surface area contributed by atoms with Gasteiger partial charge in [0.2, 0.25) is 5.88 Å². The Balaban J connectivity index is 1.99. The molecule has 2 rings (SSSR count). The van der Waals surface area contributed by atoms with Crippen molar-refractivity contribution >= 4 is 5.82 Å². The Hall–Kier alpha value is -2.17. The lowest BCUT2D eigenvalue weighted by Gasteiger charge is -2.06. The highest BCUT2D eigenvalue weighted by molar-refractivity contribution is 5.34. The van der Waals surface area contributed by atoms with E-state index in [1.165, 1.54) is 25.4 Å². The summed E-state index contributed by atoms with van der Waals surface area (Å²) in [4.78, 5) is 8.13. The van der Waals surface area contributed by atoms with Crippen LogP contribution in [0.1, 0.15) is 5.56 Å². The third kappa shape index (κ3) is 3.14. The lowest BCUT2D eigenvalue weighted by Crippen LogP contribution is -2.02. The van der Waals surface area contributed by atoms with Gasteiger partial charge in [-0.3, -0.25) is 4.98 Å². The van der Waals surface area contributed by atoms with E-state index >= 15 is 0 Å². The Morgan fingerprint density at radius 3 is 2.71 bits per heavy atom. The molecule has 17 heavy (non-hydrogen) atoms. The van der Waals surface area contributed by atoms with Gasteiger partial charge < -0.3 is 10.1 Å². The van der Waals surface area contributed by atoms with E-state index in [1.807, 2.05) is 0 Å². The maximum Gasteiger partial charge on any atom is 0.233 e. The van der Waals surface area contributed by atoms with Crippen LogP contribution in [-0.2, 0) is 6.54 Å². The Bertz CT molecular complexity index is 487. The Labute approximate surface area is 98.5 Å². The number of rotatable bonds is 4. The van der Waals surface area contributed by atoms with E-state index in [2.05, 4.69) is 15.3 Å². The van der Waals surface area contributed by atoms with Crippen molar-refractivity contribution in [2.24, 2.45) is 0 Å². The van der Waals surface area contributed by atoms with Gasteiger partial charge in [0, 0.05) is 6.54 Å². The maximum atomic E-state index is 12.7. The number of benzene rings is 1. The summed E-state index contributed by atoms with van der Waals surface area (Å²) in [6.45, 7) is 0.558. The van der Waals surface area contributed by atoms with Crippen LogP contribution in [0.5, 0.6) is 5.88 Å². The van der Waals surface area contributed by atoms with E-state index in [4.69, 9.17) is 4.74 Å². The summed E-state index contributed by atoms with van der Waals surface area (Å²) in [7, 11) is 1.54. The summed E-state index contributed by atoms with van der Waals surface area (Å²) in [5, 5.41) is 3.08. The lowest BCUT2D eigenvalue weighted by molar-refractivity contribution is 0.396. The molecule has 0 aliphatic heterocycles. The van der Waals surface area contributed by atoms with Crippen molar-refractivity contribution in [2.75, 3.05) is 12.4 Å². The molecule has 0 fully saturated rings. The van der Waals surface area contributed by atoms with Gasteiger partial charge in [0.15, 0.2) is 0 Å². The van der Waals surface area contributed by atoms with Gasteiger partial charge in [0.1, 0.15) is 11.6 Å². The third-order valence-electron chi connectivity index (χ3n) is 2.21. The van der Waals surface area contributed by atoms with E-state index in [9.17, 15) is 4.39 Å². The van der Waals surface area contributed by atoms with Crippen LogP contribution in [0, 0.1) is 5.82 Å². The minimum absolute atomic E-state index is 0.241. The van der Waals surface area contributed by atoms with Crippen LogP contribution in [0.25, 0.3) is 0 Å². The number of nitrogens with zero attached hydrogens (tertiary/aromatic N) is 2. The molecule has 0 radical (unpaired) electrons. The Morgan fingerprint density at radius 2 is 2.00 bits per heavy atom. The van der Waals surface area contributed by atoms with Gasteiger partial charge in [-0.2, -0.15) is 4.98 Å². The summed E-state index contributed by atoms with van der Waals surface area (Å²) in [6, 6.07) is 6.29. The van der Waals surface area contributed by atoms with Crippen molar-refractivity contribution in [1.29, 1.82) is 0 Å². The average molecular weight is 233 g/mol. The van der Waals surface area contributed by atoms with Crippen LogP contribution in [0.2, 0.25) is 0 Å². The minimum atomic E-state index is -0.241. The topological polar surface area (TPSA) is 47.0 Å². The van der Waals surface area contributed by atoms with Gasteiger partial charge in [0.05, 0.1) is 19.5 Å². The van der Waals surface area contributed by atoms with Gasteiger partial charge in [-0.25, -0.2) is 4.39 Å². The minimum Gasteiger partial charge on any atom is -0.480 e. The first-order chi connectivity index (χ1) is 8.28. The Morgan fingerprint density at radius 1 is 1.24 bits per heavy atom. The number of halogens is 1. The van der Waals surface area contributed by atoms with Gasteiger partial charge >= 0.3 is 0 Å². The van der Waals surface area contributed by atoms with Crippen molar-refractivity contribution in [2.45, 2.75) is 6.54 Å². The van der Waals surface area contributed by atoms with Crippen LogP contribution >= 0.6 is 0 Å². The first kappa shape index (κ1) is 11.3. The summed E-state index contributed by atoms with van der Waals surface area (Å²) in [6.07, 6.45) is 3.13. The molecule has 0 bridgehead atoms. The van der Waals surface area contributed by atoms with Crippen molar-refractivity contribution in [3.05, 3.63) is 48.0 Å². The second-order valence-electron chi connectivity index (χ2n) is 3.43. The summed E-state index contributed by atoms with van der Waals surface area (Å²) < 4.78 is 17.6. The molecule has 88 valence electrons. The zero-order valence-electron chi connectivity index (χ0n) is 9.35. The van der Waals surface area contributed by atoms with Crippen LogP contribution < -0.4 is 10.1 Å². The second kappa shape index (κ2) is 5.25. The largest absolute Gasteiger partial charge is 0.480 e. The molecule has 5 heteroatoms. The van der Waals surface area contributed by atoms with Crippen molar-refractivity contribution in [1.82, 2.24) is 9.97 Å². The molecular weight excluding hydrogens is 221 g/mol. The fourth-order valence-corrected chi connectivity index (χ4v) is 1.33. The summed E-state index contributed by atoms with van der Waals surface area (Å²) >= 11 is 0. The second-order valence-corrected chi connectivity index (χ2v) is 3.43. The number of nitrogens with one attached hydrogen (secondary N) is 1. The van der Waals surface area contributed by atoms with Crippen molar-refractivity contribution < 1.29 is 9.13 Å². The van der Waals surface area contributed by atoms with Crippen LogP contribution in [0.15, 0.2) is 36.7 Å². The predicted octanol–water partition coefficient (Wildman–Crippen LogP) is 2.24. The number of hydrogen-bond donors (Lipinski definition) is 1. The molecule has 0 atom stereocenters. The zero-order chi connectivity index (χ0) is 12.1. The van der Waals surface area contributed by atoms with Gasteiger partial charge in [0.25, 0.3) is 0 Å². The lowest BCUT2D eigenvalue weighted by atomic mass is 10.2. The number of ether oxygens (including phenoxy) is 1. The van der Waals surface area contributed by atoms with Gasteiger partial charge in [-0.05, 0) is 17.7 Å². The monoisotopic (exact) mass is 233 g/mol. The molecule has 2 aromatic rings. The molecule has 4 nitrogen and oxygen atoms in total. The predicted molar refractivity (Wildman–Crippen MR) is 62.3 cm³/mol. The number of anilines is 1. The summed E-state index contributed by atoms with van der Waals surface area (Å²) in [5.41, 5.74) is 0.969. The maximum absolute atomic E-state index is 12.7. The molecule has 0 saturated heterocycles. The van der Waals surface area contributed by atoms with E-state index in [1.54, 1.807) is 18.3 Å². The Kier molecular flexibility index (Phi) is 3.49. The smallest absolute Gasteiger partial charge is 0.233 e. The third-order valence-corrected chi connectivity index (χ3v) is 2.21. The first-order valence-corrected chi connectivity index (χ1v) is 5.12. The molecule has 1 aromatic carbocycles. The SMILES string of the molecule is COc1cncc(NCc2ccc(F)cc2)n1. The first-order valence-electron chi connectivity index (χ1n) is 5.12. The molecule has 0 amide bonds. The van der Waals surface area contributed by atoms with Crippen molar-refractivity contribution in [3.63, 3.8) is 0 Å². The highest BCUT2D eigenvalue weighted by atomic mass is 19.1. The number of methoxy groups -OCH3 is 1. The number of aromatic nitrogens is 2. The molecular formula is C12H12FN3O. The molecule has 0 spiro atoms. The quantitative estimate of drug-likeness (QED) is 0.879. The van der Waals surface area contributed by atoms with Crippen LogP contribution in [0.4, 0.5) is 10.2 Å². The van der Waals surface area contributed by atoms with E-state index in [0.29, 0.717) is 18.2 Å². The zero-order valence-corrected chi connectivity index (χ0v) is 9.35. The molecule has 1 aromatic heterocycles. The molecule has 0 aliphatic carbocycles. The molecule has 1 heterocycles. The van der Waals surface area contributed by atoms with E-state index in [-0.39, 0.29) is 5.82 Å². The highest BCUT2D eigenvalue weighted by Gasteiger charge is 1.98. The van der Waals surface area contributed by atoms with Crippen LogP contribution in [-0.4, -0.2) is 17.1 Å².